The number of carbonyl (C=O) groups is 1. The number of nitrogens with zero attached hydrogens (tertiary/aromatic N) is 4. The van der Waals surface area contributed by atoms with Gasteiger partial charge in [0.25, 0.3) is 5.91 Å². The maximum absolute atomic E-state index is 12.6. The van der Waals surface area contributed by atoms with Gasteiger partial charge in [0, 0.05) is 13.1 Å². The molecule has 0 radical (unpaired) electrons. The maximum Gasteiger partial charge on any atom is 0.276 e. The third-order valence-electron chi connectivity index (χ3n) is 3.94. The fourth-order valence-electron chi connectivity index (χ4n) is 2.69. The molecule has 5 heteroatoms. The SMILES string of the molecule is Cc1nn(-c2ccccc2)nc1C(=O)N1CCC(C)(C)C1. The summed E-state index contributed by atoms with van der Waals surface area (Å²) in [5, 5.41) is 8.75. The fraction of sp³-hybridized carbons (Fsp3) is 0.438. The van der Waals surface area contributed by atoms with Gasteiger partial charge < -0.3 is 4.90 Å². The summed E-state index contributed by atoms with van der Waals surface area (Å²) in [4.78, 5) is 16.0. The standard InChI is InChI=1S/C16H20N4O/c1-12-14(15(21)19-10-9-16(2,3)11-19)18-20(17-12)13-7-5-4-6-8-13/h4-8H,9-11H2,1-3H3. The first-order valence-electron chi connectivity index (χ1n) is 7.25. The third kappa shape index (κ3) is 2.68. The monoisotopic (exact) mass is 284 g/mol. The number of likely N-dealkylation sites (tertiary alicyclic amines) is 1. The largest absolute Gasteiger partial charge is 0.337 e. The van der Waals surface area contributed by atoms with Crippen molar-refractivity contribution in [2.75, 3.05) is 13.1 Å². The molecular formula is C16H20N4O. The summed E-state index contributed by atoms with van der Waals surface area (Å²) in [6, 6.07) is 9.65. The number of para-hydroxylation sites is 1. The average molecular weight is 284 g/mol. The second kappa shape index (κ2) is 4.98. The zero-order valence-electron chi connectivity index (χ0n) is 12.7. The second-order valence-corrected chi connectivity index (χ2v) is 6.40. The number of hydrogen-bond donors (Lipinski definition) is 0. The maximum atomic E-state index is 12.6. The van der Waals surface area contributed by atoms with Crippen LogP contribution in [0.25, 0.3) is 5.69 Å². The van der Waals surface area contributed by atoms with Crippen LogP contribution in [0.5, 0.6) is 0 Å². The Balaban J connectivity index is 1.87. The number of benzene rings is 1. The molecule has 0 aliphatic carbocycles. The molecule has 0 bridgehead atoms. The summed E-state index contributed by atoms with van der Waals surface area (Å²) in [6.45, 7) is 7.79. The Morgan fingerprint density at radius 2 is 1.90 bits per heavy atom. The number of amides is 1. The predicted octanol–water partition coefficient (Wildman–Crippen LogP) is 2.45. The lowest BCUT2D eigenvalue weighted by atomic mass is 9.93. The first-order chi connectivity index (χ1) is 9.96. The van der Waals surface area contributed by atoms with E-state index in [1.165, 1.54) is 4.80 Å². The average Bonchev–Trinajstić information content (AvgIpc) is 3.02. The summed E-state index contributed by atoms with van der Waals surface area (Å²) < 4.78 is 0. The lowest BCUT2D eigenvalue weighted by Crippen LogP contribution is -2.31. The Morgan fingerprint density at radius 3 is 2.52 bits per heavy atom. The van der Waals surface area contributed by atoms with Crippen molar-refractivity contribution in [1.29, 1.82) is 0 Å². The molecule has 2 aromatic rings. The highest BCUT2D eigenvalue weighted by Gasteiger charge is 2.34. The van der Waals surface area contributed by atoms with Crippen molar-refractivity contribution >= 4 is 5.91 Å². The number of aryl methyl sites for hydroxylation is 1. The minimum atomic E-state index is -0.0137. The molecule has 1 aromatic heterocycles. The van der Waals surface area contributed by atoms with E-state index in [9.17, 15) is 4.79 Å². The lowest BCUT2D eigenvalue weighted by Gasteiger charge is -2.18. The quantitative estimate of drug-likeness (QED) is 0.851. The van der Waals surface area contributed by atoms with Crippen molar-refractivity contribution in [3.63, 3.8) is 0 Å². The highest BCUT2D eigenvalue weighted by molar-refractivity contribution is 5.93. The van der Waals surface area contributed by atoms with E-state index in [1.807, 2.05) is 42.2 Å². The summed E-state index contributed by atoms with van der Waals surface area (Å²) >= 11 is 0. The lowest BCUT2D eigenvalue weighted by molar-refractivity contribution is 0.0771. The van der Waals surface area contributed by atoms with Crippen LogP contribution in [-0.4, -0.2) is 38.9 Å². The number of carbonyl (C=O) groups excluding carboxylic acids is 1. The van der Waals surface area contributed by atoms with E-state index in [-0.39, 0.29) is 11.3 Å². The van der Waals surface area contributed by atoms with Crippen molar-refractivity contribution in [3.8, 4) is 5.69 Å². The van der Waals surface area contributed by atoms with E-state index in [0.717, 1.165) is 25.2 Å². The van der Waals surface area contributed by atoms with E-state index >= 15 is 0 Å². The van der Waals surface area contributed by atoms with Crippen LogP contribution in [-0.2, 0) is 0 Å². The van der Waals surface area contributed by atoms with E-state index in [4.69, 9.17) is 0 Å². The molecule has 1 aliphatic rings. The molecular weight excluding hydrogens is 264 g/mol. The molecule has 1 fully saturated rings. The zero-order chi connectivity index (χ0) is 15.0. The van der Waals surface area contributed by atoms with E-state index in [0.29, 0.717) is 11.4 Å². The van der Waals surface area contributed by atoms with Crippen molar-refractivity contribution in [3.05, 3.63) is 41.7 Å². The number of hydrogen-bond acceptors (Lipinski definition) is 3. The minimum Gasteiger partial charge on any atom is -0.337 e. The summed E-state index contributed by atoms with van der Waals surface area (Å²) in [7, 11) is 0. The minimum absolute atomic E-state index is 0.0137. The Hall–Kier alpha value is -2.17. The third-order valence-corrected chi connectivity index (χ3v) is 3.94. The number of rotatable bonds is 2. The van der Waals surface area contributed by atoms with Crippen LogP contribution in [0.3, 0.4) is 0 Å². The first-order valence-corrected chi connectivity index (χ1v) is 7.25. The van der Waals surface area contributed by atoms with Crippen LogP contribution < -0.4 is 0 Å². The molecule has 21 heavy (non-hydrogen) atoms. The fourth-order valence-corrected chi connectivity index (χ4v) is 2.69. The van der Waals surface area contributed by atoms with Crippen molar-refractivity contribution in [1.82, 2.24) is 19.9 Å². The molecule has 0 saturated carbocycles. The normalized spacial score (nSPS) is 17.2. The van der Waals surface area contributed by atoms with Gasteiger partial charge in [-0.2, -0.15) is 9.90 Å². The molecule has 1 saturated heterocycles. The molecule has 110 valence electrons. The van der Waals surface area contributed by atoms with E-state index in [1.54, 1.807) is 0 Å². The van der Waals surface area contributed by atoms with E-state index < -0.39 is 0 Å². The summed E-state index contributed by atoms with van der Waals surface area (Å²) in [5.41, 5.74) is 2.19. The summed E-state index contributed by atoms with van der Waals surface area (Å²) in [5.74, 6) is -0.0137. The predicted molar refractivity (Wildman–Crippen MR) is 80.4 cm³/mol. The number of aromatic nitrogens is 3. The molecule has 0 atom stereocenters. The van der Waals surface area contributed by atoms with Gasteiger partial charge in [0.2, 0.25) is 0 Å². The van der Waals surface area contributed by atoms with Gasteiger partial charge in [0.15, 0.2) is 5.69 Å². The highest BCUT2D eigenvalue weighted by atomic mass is 16.2. The molecule has 1 aliphatic heterocycles. The molecule has 2 heterocycles. The molecule has 0 N–H and O–H groups in total. The Kier molecular flexibility index (Phi) is 3.27. The van der Waals surface area contributed by atoms with Gasteiger partial charge in [0.1, 0.15) is 0 Å². The van der Waals surface area contributed by atoms with Crippen LogP contribution >= 0.6 is 0 Å². The molecule has 1 amide bonds. The van der Waals surface area contributed by atoms with Crippen LogP contribution in [0.2, 0.25) is 0 Å². The van der Waals surface area contributed by atoms with Gasteiger partial charge in [-0.3, -0.25) is 4.79 Å². The van der Waals surface area contributed by atoms with Crippen LogP contribution in [0.15, 0.2) is 30.3 Å². The molecule has 1 aromatic carbocycles. The molecule has 0 unspecified atom stereocenters. The van der Waals surface area contributed by atoms with E-state index in [2.05, 4.69) is 24.0 Å². The zero-order valence-corrected chi connectivity index (χ0v) is 12.7. The Morgan fingerprint density at radius 1 is 1.19 bits per heavy atom. The highest BCUT2D eigenvalue weighted by Crippen LogP contribution is 2.29. The first kappa shape index (κ1) is 13.8. The smallest absolute Gasteiger partial charge is 0.276 e. The van der Waals surface area contributed by atoms with Crippen LogP contribution in [0.1, 0.15) is 36.5 Å². The van der Waals surface area contributed by atoms with Crippen molar-refractivity contribution in [2.24, 2.45) is 5.41 Å². The van der Waals surface area contributed by atoms with Crippen LogP contribution in [0.4, 0.5) is 0 Å². The van der Waals surface area contributed by atoms with Gasteiger partial charge in [-0.05, 0) is 30.9 Å². The Labute approximate surface area is 124 Å². The van der Waals surface area contributed by atoms with Gasteiger partial charge in [0.05, 0.1) is 11.4 Å². The molecule has 0 spiro atoms. The van der Waals surface area contributed by atoms with Gasteiger partial charge in [-0.1, -0.05) is 32.0 Å². The van der Waals surface area contributed by atoms with Gasteiger partial charge in [-0.15, -0.1) is 5.10 Å². The van der Waals surface area contributed by atoms with Crippen LogP contribution in [0, 0.1) is 12.3 Å². The van der Waals surface area contributed by atoms with Crippen molar-refractivity contribution < 1.29 is 4.79 Å². The Bertz CT molecular complexity index is 660. The van der Waals surface area contributed by atoms with Gasteiger partial charge in [-0.25, -0.2) is 0 Å². The topological polar surface area (TPSA) is 51.0 Å². The van der Waals surface area contributed by atoms with Gasteiger partial charge >= 0.3 is 0 Å². The second-order valence-electron chi connectivity index (χ2n) is 6.40. The molecule has 5 nitrogen and oxygen atoms in total. The van der Waals surface area contributed by atoms with Crippen molar-refractivity contribution in [2.45, 2.75) is 27.2 Å². The summed E-state index contributed by atoms with van der Waals surface area (Å²) in [6.07, 6.45) is 1.03. The molecule has 3 rings (SSSR count).